The van der Waals surface area contributed by atoms with Crippen LogP contribution in [0, 0.1) is 0 Å². The number of nitrogens with one attached hydrogen (secondary N) is 2. The molecule has 1 amide bonds. The number of aromatic hydroxyl groups is 2. The van der Waals surface area contributed by atoms with Crippen LogP contribution < -0.4 is 10.6 Å². The van der Waals surface area contributed by atoms with E-state index in [0.29, 0.717) is 24.1 Å². The fourth-order valence-electron chi connectivity index (χ4n) is 3.57. The summed E-state index contributed by atoms with van der Waals surface area (Å²) in [5.41, 5.74) is 3.27. The topological polar surface area (TPSA) is 102 Å². The van der Waals surface area contributed by atoms with E-state index in [9.17, 15) is 20.1 Å². The largest absolute Gasteiger partial charge is 0.508 e. The second kappa shape index (κ2) is 11.3. The first kappa shape index (κ1) is 23.3. The van der Waals surface area contributed by atoms with Crippen LogP contribution in [0.2, 0.25) is 0 Å². The van der Waals surface area contributed by atoms with Crippen LogP contribution in [0.25, 0.3) is 0 Å². The first-order valence-corrected chi connectivity index (χ1v) is 10.8. The molecule has 32 heavy (non-hydrogen) atoms. The SMILES string of the molecule is CC(Cc1cccc(C(=O)NCCc2ccccc2)c1)NCC(O)c1cc(O)cc(O)c1. The van der Waals surface area contributed by atoms with Gasteiger partial charge in [0.05, 0.1) is 6.10 Å². The standard InChI is InChI=1S/C26H30N2O4/c1-18(28-17-25(31)22-14-23(29)16-24(30)15-22)12-20-8-5-9-21(13-20)26(32)27-11-10-19-6-3-2-4-7-19/h2-9,13-16,18,25,28-31H,10-12,17H2,1H3,(H,27,32). The maximum atomic E-state index is 12.5. The number of aliphatic hydroxyl groups excluding tert-OH is 1. The van der Waals surface area contributed by atoms with Crippen LogP contribution in [-0.2, 0) is 12.8 Å². The molecule has 6 heteroatoms. The number of aliphatic hydroxyl groups is 1. The van der Waals surface area contributed by atoms with Gasteiger partial charge in [-0.2, -0.15) is 0 Å². The Labute approximate surface area is 188 Å². The molecular weight excluding hydrogens is 404 g/mol. The molecular formula is C26H30N2O4. The van der Waals surface area contributed by atoms with E-state index in [1.54, 1.807) is 6.07 Å². The van der Waals surface area contributed by atoms with Gasteiger partial charge in [-0.05, 0) is 60.7 Å². The Morgan fingerprint density at radius 3 is 2.31 bits per heavy atom. The third kappa shape index (κ3) is 7.11. The van der Waals surface area contributed by atoms with E-state index in [4.69, 9.17) is 0 Å². The van der Waals surface area contributed by atoms with E-state index in [0.717, 1.165) is 12.0 Å². The van der Waals surface area contributed by atoms with Gasteiger partial charge in [-0.1, -0.05) is 42.5 Å². The van der Waals surface area contributed by atoms with Crippen molar-refractivity contribution in [3.63, 3.8) is 0 Å². The average molecular weight is 435 g/mol. The van der Waals surface area contributed by atoms with E-state index in [2.05, 4.69) is 10.6 Å². The summed E-state index contributed by atoms with van der Waals surface area (Å²) >= 11 is 0. The van der Waals surface area contributed by atoms with Crippen molar-refractivity contribution in [1.82, 2.24) is 10.6 Å². The molecule has 0 bridgehead atoms. The zero-order valence-corrected chi connectivity index (χ0v) is 18.2. The number of phenols is 2. The van der Waals surface area contributed by atoms with Crippen molar-refractivity contribution < 1.29 is 20.1 Å². The molecule has 5 N–H and O–H groups in total. The zero-order valence-electron chi connectivity index (χ0n) is 18.2. The van der Waals surface area contributed by atoms with E-state index < -0.39 is 6.10 Å². The molecule has 3 rings (SSSR count). The highest BCUT2D eigenvalue weighted by Gasteiger charge is 2.13. The van der Waals surface area contributed by atoms with Crippen LogP contribution in [0.15, 0.2) is 72.8 Å². The molecule has 0 saturated heterocycles. The van der Waals surface area contributed by atoms with E-state index in [1.165, 1.54) is 23.8 Å². The molecule has 168 valence electrons. The minimum atomic E-state index is -0.864. The van der Waals surface area contributed by atoms with Gasteiger partial charge in [0.2, 0.25) is 0 Å². The Morgan fingerprint density at radius 2 is 1.59 bits per heavy atom. The van der Waals surface area contributed by atoms with Gasteiger partial charge >= 0.3 is 0 Å². The quantitative estimate of drug-likeness (QED) is 0.337. The van der Waals surface area contributed by atoms with Gasteiger partial charge in [-0.25, -0.2) is 0 Å². The van der Waals surface area contributed by atoms with E-state index >= 15 is 0 Å². The molecule has 6 nitrogen and oxygen atoms in total. The smallest absolute Gasteiger partial charge is 0.251 e. The predicted molar refractivity (Wildman–Crippen MR) is 125 cm³/mol. The molecule has 0 saturated carbocycles. The van der Waals surface area contributed by atoms with Crippen molar-refractivity contribution in [2.24, 2.45) is 0 Å². The van der Waals surface area contributed by atoms with Crippen molar-refractivity contribution in [3.05, 3.63) is 95.1 Å². The fraction of sp³-hybridized carbons (Fsp3) is 0.269. The van der Waals surface area contributed by atoms with Gasteiger partial charge in [-0.3, -0.25) is 4.79 Å². The van der Waals surface area contributed by atoms with Gasteiger partial charge in [0.1, 0.15) is 11.5 Å². The highest BCUT2D eigenvalue weighted by molar-refractivity contribution is 5.94. The summed E-state index contributed by atoms with van der Waals surface area (Å²) in [5, 5.41) is 35.7. The number of rotatable bonds is 10. The van der Waals surface area contributed by atoms with Crippen LogP contribution in [0.5, 0.6) is 11.5 Å². The van der Waals surface area contributed by atoms with Gasteiger partial charge in [0.25, 0.3) is 5.91 Å². The van der Waals surface area contributed by atoms with Gasteiger partial charge < -0.3 is 26.0 Å². The van der Waals surface area contributed by atoms with Gasteiger partial charge in [0.15, 0.2) is 0 Å². The molecule has 0 fully saturated rings. The predicted octanol–water partition coefficient (Wildman–Crippen LogP) is 3.32. The summed E-state index contributed by atoms with van der Waals surface area (Å²) in [7, 11) is 0. The Bertz CT molecular complexity index is 1000. The van der Waals surface area contributed by atoms with E-state index in [-0.39, 0.29) is 30.0 Å². The lowest BCUT2D eigenvalue weighted by molar-refractivity contribution is 0.0954. The summed E-state index contributed by atoms with van der Waals surface area (Å²) in [6, 6.07) is 21.7. The van der Waals surface area contributed by atoms with Crippen molar-refractivity contribution in [2.45, 2.75) is 31.9 Å². The lowest BCUT2D eigenvalue weighted by Gasteiger charge is -2.18. The van der Waals surface area contributed by atoms with Crippen LogP contribution >= 0.6 is 0 Å². The Kier molecular flexibility index (Phi) is 8.25. The van der Waals surface area contributed by atoms with E-state index in [1.807, 2.05) is 55.5 Å². The van der Waals surface area contributed by atoms with Gasteiger partial charge in [0, 0.05) is 30.8 Å². The van der Waals surface area contributed by atoms with Crippen molar-refractivity contribution in [2.75, 3.05) is 13.1 Å². The number of benzene rings is 3. The van der Waals surface area contributed by atoms with Crippen molar-refractivity contribution >= 4 is 5.91 Å². The molecule has 0 aliphatic rings. The van der Waals surface area contributed by atoms with Crippen molar-refractivity contribution in [1.29, 1.82) is 0 Å². The number of hydrogen-bond donors (Lipinski definition) is 5. The Balaban J connectivity index is 1.48. The minimum Gasteiger partial charge on any atom is -0.508 e. The fourth-order valence-corrected chi connectivity index (χ4v) is 3.57. The number of carbonyl (C=O) groups excluding carboxylic acids is 1. The van der Waals surface area contributed by atoms with Gasteiger partial charge in [-0.15, -0.1) is 0 Å². The summed E-state index contributed by atoms with van der Waals surface area (Å²) in [5.74, 6) is -0.278. The Hall–Kier alpha value is -3.35. The Morgan fingerprint density at radius 1 is 0.906 bits per heavy atom. The molecule has 0 aliphatic heterocycles. The molecule has 0 aliphatic carbocycles. The van der Waals surface area contributed by atoms with Crippen LogP contribution in [0.3, 0.4) is 0 Å². The second-order valence-electron chi connectivity index (χ2n) is 8.00. The molecule has 0 spiro atoms. The molecule has 3 aromatic rings. The lowest BCUT2D eigenvalue weighted by atomic mass is 10.0. The molecule has 2 atom stereocenters. The maximum Gasteiger partial charge on any atom is 0.251 e. The van der Waals surface area contributed by atoms with Crippen molar-refractivity contribution in [3.8, 4) is 11.5 Å². The number of carbonyl (C=O) groups is 1. The third-order valence-corrected chi connectivity index (χ3v) is 5.24. The average Bonchev–Trinajstić information content (AvgIpc) is 2.77. The second-order valence-corrected chi connectivity index (χ2v) is 8.00. The molecule has 0 heterocycles. The molecule has 2 unspecified atom stereocenters. The number of phenolic OH excluding ortho intramolecular Hbond substituents is 2. The lowest BCUT2D eigenvalue weighted by Crippen LogP contribution is -2.32. The molecule has 0 aromatic heterocycles. The number of hydrogen-bond acceptors (Lipinski definition) is 5. The first-order valence-electron chi connectivity index (χ1n) is 10.8. The highest BCUT2D eigenvalue weighted by atomic mass is 16.3. The zero-order chi connectivity index (χ0) is 22.9. The summed E-state index contributed by atoms with van der Waals surface area (Å²) in [6.07, 6.45) is 0.604. The highest BCUT2D eigenvalue weighted by Crippen LogP contribution is 2.24. The van der Waals surface area contributed by atoms with Crippen LogP contribution in [0.1, 0.15) is 40.1 Å². The third-order valence-electron chi connectivity index (χ3n) is 5.24. The van der Waals surface area contributed by atoms with Crippen LogP contribution in [0.4, 0.5) is 0 Å². The normalized spacial score (nSPS) is 12.8. The number of amides is 1. The summed E-state index contributed by atoms with van der Waals surface area (Å²) in [6.45, 7) is 2.84. The van der Waals surface area contributed by atoms with Crippen LogP contribution in [-0.4, -0.2) is 40.4 Å². The summed E-state index contributed by atoms with van der Waals surface area (Å²) in [4.78, 5) is 12.5. The minimum absolute atomic E-state index is 0.0481. The molecule has 0 radical (unpaired) electrons. The molecule has 3 aromatic carbocycles. The summed E-state index contributed by atoms with van der Waals surface area (Å²) < 4.78 is 0. The monoisotopic (exact) mass is 434 g/mol. The maximum absolute atomic E-state index is 12.5. The first-order chi connectivity index (χ1) is 15.4.